The molecule has 0 spiro atoms. The number of rotatable bonds is 4. The molecule has 0 bridgehead atoms. The van der Waals surface area contributed by atoms with Crippen molar-refractivity contribution in [2.45, 2.75) is 59.1 Å². The van der Waals surface area contributed by atoms with Crippen LogP contribution < -0.4 is 5.32 Å². The van der Waals surface area contributed by atoms with Crippen molar-refractivity contribution in [1.29, 1.82) is 5.26 Å². The third-order valence-corrected chi connectivity index (χ3v) is 2.99. The second-order valence-corrected chi connectivity index (χ2v) is 6.54. The highest BCUT2D eigenvalue weighted by atomic mass is 16.6. The number of hydrogen-bond acceptors (Lipinski definition) is 3. The molecule has 0 aliphatic heterocycles. The molecule has 1 rings (SSSR count). The Kier molecular flexibility index (Phi) is 4.61. The van der Waals surface area contributed by atoms with Gasteiger partial charge in [0.25, 0.3) is 0 Å². The lowest BCUT2D eigenvalue weighted by Gasteiger charge is -2.21. The standard InChI is InChI=1S/C14H24N2O2/c1-9(2)6-10-7-11(10)12(8-15)16-13(17)18-14(3,4)5/h9-12H,6-7H2,1-5H3,(H,16,17). The molecule has 0 radical (unpaired) electrons. The smallest absolute Gasteiger partial charge is 0.408 e. The highest BCUT2D eigenvalue weighted by Gasteiger charge is 2.44. The third kappa shape index (κ3) is 4.95. The second-order valence-electron chi connectivity index (χ2n) is 6.54. The number of nitrogens with one attached hydrogen (secondary N) is 1. The van der Waals surface area contributed by atoms with E-state index in [1.807, 2.05) is 20.8 Å². The molecule has 1 amide bonds. The van der Waals surface area contributed by atoms with E-state index >= 15 is 0 Å². The first-order valence-corrected chi connectivity index (χ1v) is 6.62. The summed E-state index contributed by atoms with van der Waals surface area (Å²) in [7, 11) is 0. The Hall–Kier alpha value is -1.24. The van der Waals surface area contributed by atoms with Crippen molar-refractivity contribution < 1.29 is 9.53 Å². The van der Waals surface area contributed by atoms with E-state index < -0.39 is 17.7 Å². The SMILES string of the molecule is CC(C)CC1CC1C(C#N)NC(=O)OC(C)(C)C. The summed E-state index contributed by atoms with van der Waals surface area (Å²) in [4.78, 5) is 11.6. The first-order chi connectivity index (χ1) is 8.23. The number of carbonyl (C=O) groups is 1. The van der Waals surface area contributed by atoms with Crippen molar-refractivity contribution in [3.8, 4) is 6.07 Å². The Morgan fingerprint density at radius 1 is 1.50 bits per heavy atom. The Morgan fingerprint density at radius 2 is 2.11 bits per heavy atom. The fourth-order valence-electron chi connectivity index (χ4n) is 2.23. The summed E-state index contributed by atoms with van der Waals surface area (Å²) < 4.78 is 5.16. The van der Waals surface area contributed by atoms with Crippen LogP contribution in [-0.2, 0) is 4.74 Å². The van der Waals surface area contributed by atoms with Gasteiger partial charge in [-0.1, -0.05) is 13.8 Å². The topological polar surface area (TPSA) is 62.1 Å². The zero-order valence-corrected chi connectivity index (χ0v) is 12.0. The van der Waals surface area contributed by atoms with Gasteiger partial charge in [-0.3, -0.25) is 0 Å². The maximum Gasteiger partial charge on any atom is 0.408 e. The predicted molar refractivity (Wildman–Crippen MR) is 69.8 cm³/mol. The van der Waals surface area contributed by atoms with Crippen LogP contribution in [0, 0.1) is 29.1 Å². The average molecular weight is 252 g/mol. The molecule has 1 N–H and O–H groups in total. The van der Waals surface area contributed by atoms with E-state index in [2.05, 4.69) is 25.2 Å². The molecule has 0 aromatic carbocycles. The monoisotopic (exact) mass is 252 g/mol. The molecular formula is C14H24N2O2. The largest absolute Gasteiger partial charge is 0.444 e. The lowest BCUT2D eigenvalue weighted by Crippen LogP contribution is -2.39. The molecule has 3 atom stereocenters. The number of carbonyl (C=O) groups excluding carboxylic acids is 1. The number of amides is 1. The molecule has 102 valence electrons. The number of ether oxygens (including phenoxy) is 1. The maximum atomic E-state index is 11.6. The maximum absolute atomic E-state index is 11.6. The summed E-state index contributed by atoms with van der Waals surface area (Å²) in [5.74, 6) is 1.51. The number of alkyl carbamates (subject to hydrolysis) is 1. The molecule has 0 aromatic rings. The van der Waals surface area contributed by atoms with E-state index in [-0.39, 0.29) is 0 Å². The molecule has 1 aliphatic rings. The average Bonchev–Trinajstić information content (AvgIpc) is 2.89. The predicted octanol–water partition coefficient (Wildman–Crippen LogP) is 3.09. The normalized spacial score (nSPS) is 24.3. The number of nitrogens with zero attached hydrogens (tertiary/aromatic N) is 1. The molecule has 0 aromatic heterocycles. The Morgan fingerprint density at radius 3 is 2.56 bits per heavy atom. The molecule has 1 saturated carbocycles. The number of hydrogen-bond donors (Lipinski definition) is 1. The third-order valence-electron chi connectivity index (χ3n) is 2.99. The van der Waals surface area contributed by atoms with Gasteiger partial charge >= 0.3 is 6.09 Å². The van der Waals surface area contributed by atoms with E-state index in [0.717, 1.165) is 12.8 Å². The van der Waals surface area contributed by atoms with Crippen molar-refractivity contribution >= 4 is 6.09 Å². The van der Waals surface area contributed by atoms with Crippen molar-refractivity contribution in [2.75, 3.05) is 0 Å². The quantitative estimate of drug-likeness (QED) is 0.836. The fourth-order valence-corrected chi connectivity index (χ4v) is 2.23. The van der Waals surface area contributed by atoms with E-state index in [1.54, 1.807) is 0 Å². The molecule has 0 heterocycles. The zero-order chi connectivity index (χ0) is 13.9. The first kappa shape index (κ1) is 14.8. The molecule has 4 heteroatoms. The summed E-state index contributed by atoms with van der Waals surface area (Å²) in [5.41, 5.74) is -0.523. The van der Waals surface area contributed by atoms with Crippen LogP contribution in [0.2, 0.25) is 0 Å². The van der Waals surface area contributed by atoms with Crippen molar-refractivity contribution in [3.63, 3.8) is 0 Å². The van der Waals surface area contributed by atoms with Crippen LogP contribution >= 0.6 is 0 Å². The Balaban J connectivity index is 2.41. The van der Waals surface area contributed by atoms with Crippen LogP contribution in [-0.4, -0.2) is 17.7 Å². The van der Waals surface area contributed by atoms with Gasteiger partial charge in [-0.15, -0.1) is 0 Å². The van der Waals surface area contributed by atoms with Gasteiger partial charge in [0.1, 0.15) is 11.6 Å². The van der Waals surface area contributed by atoms with Crippen molar-refractivity contribution in [2.24, 2.45) is 17.8 Å². The van der Waals surface area contributed by atoms with Gasteiger partial charge in [0.05, 0.1) is 6.07 Å². The molecular weight excluding hydrogens is 228 g/mol. The van der Waals surface area contributed by atoms with Gasteiger partial charge in [-0.05, 0) is 51.4 Å². The van der Waals surface area contributed by atoms with Gasteiger partial charge in [-0.25, -0.2) is 4.79 Å². The summed E-state index contributed by atoms with van der Waals surface area (Å²) >= 11 is 0. The van der Waals surface area contributed by atoms with Gasteiger partial charge < -0.3 is 10.1 Å². The summed E-state index contributed by atoms with van der Waals surface area (Å²) in [6.45, 7) is 9.79. The second kappa shape index (κ2) is 5.60. The first-order valence-electron chi connectivity index (χ1n) is 6.62. The summed E-state index contributed by atoms with van der Waals surface area (Å²) in [5, 5.41) is 11.8. The van der Waals surface area contributed by atoms with E-state index in [1.165, 1.54) is 0 Å². The van der Waals surface area contributed by atoms with Crippen LogP contribution in [0.1, 0.15) is 47.5 Å². The minimum atomic E-state index is -0.523. The lowest BCUT2D eigenvalue weighted by atomic mass is 10.0. The highest BCUT2D eigenvalue weighted by Crippen LogP contribution is 2.45. The fraction of sp³-hybridized carbons (Fsp3) is 0.857. The van der Waals surface area contributed by atoms with E-state index in [4.69, 9.17) is 10.00 Å². The molecule has 0 saturated heterocycles. The summed E-state index contributed by atoms with van der Waals surface area (Å²) in [6, 6.07) is 1.76. The molecule has 1 fully saturated rings. The minimum Gasteiger partial charge on any atom is -0.444 e. The zero-order valence-electron chi connectivity index (χ0n) is 12.0. The van der Waals surface area contributed by atoms with Gasteiger partial charge in [0.15, 0.2) is 0 Å². The van der Waals surface area contributed by atoms with E-state index in [0.29, 0.717) is 17.8 Å². The van der Waals surface area contributed by atoms with Crippen LogP contribution in [0.4, 0.5) is 4.79 Å². The van der Waals surface area contributed by atoms with Crippen molar-refractivity contribution in [1.82, 2.24) is 5.32 Å². The molecule has 1 aliphatic carbocycles. The number of nitriles is 1. The van der Waals surface area contributed by atoms with Gasteiger partial charge in [0, 0.05) is 0 Å². The lowest BCUT2D eigenvalue weighted by molar-refractivity contribution is 0.0510. The molecule has 18 heavy (non-hydrogen) atoms. The Bertz CT molecular complexity index is 339. The van der Waals surface area contributed by atoms with Gasteiger partial charge in [0.2, 0.25) is 0 Å². The minimum absolute atomic E-state index is 0.296. The summed E-state index contributed by atoms with van der Waals surface area (Å²) in [6.07, 6.45) is 1.66. The Labute approximate surface area is 110 Å². The molecule has 4 nitrogen and oxygen atoms in total. The highest BCUT2D eigenvalue weighted by molar-refractivity contribution is 5.68. The van der Waals surface area contributed by atoms with Crippen LogP contribution in [0.5, 0.6) is 0 Å². The van der Waals surface area contributed by atoms with Crippen LogP contribution in [0.25, 0.3) is 0 Å². The van der Waals surface area contributed by atoms with Crippen LogP contribution in [0.15, 0.2) is 0 Å². The van der Waals surface area contributed by atoms with E-state index in [9.17, 15) is 4.79 Å². The van der Waals surface area contributed by atoms with Crippen LogP contribution in [0.3, 0.4) is 0 Å². The molecule has 3 unspecified atom stereocenters. The van der Waals surface area contributed by atoms with Gasteiger partial charge in [-0.2, -0.15) is 5.26 Å². The van der Waals surface area contributed by atoms with Crippen molar-refractivity contribution in [3.05, 3.63) is 0 Å².